The minimum absolute atomic E-state index is 0.0296. The van der Waals surface area contributed by atoms with Crippen molar-refractivity contribution in [1.82, 2.24) is 4.90 Å². The molecule has 1 saturated carbocycles. The largest absolute Gasteiger partial charge is 0.504 e. The number of hydrogen-bond acceptors (Lipinski definition) is 6. The normalized spacial score (nSPS) is 35.9. The first-order chi connectivity index (χ1) is 14.0. The number of aromatic hydroxyl groups is 1. The average molecular weight is 392 g/mol. The van der Waals surface area contributed by atoms with Gasteiger partial charge in [0.25, 0.3) is 0 Å². The van der Waals surface area contributed by atoms with Crippen molar-refractivity contribution in [3.63, 3.8) is 0 Å². The highest BCUT2D eigenvalue weighted by molar-refractivity contribution is 5.94. The van der Waals surface area contributed by atoms with Gasteiger partial charge in [0, 0.05) is 11.6 Å². The summed E-state index contributed by atoms with van der Waals surface area (Å²) in [6.07, 6.45) is 2.30. The third kappa shape index (κ3) is 2.05. The molecule has 2 bridgehead atoms. The number of likely N-dealkylation sites (tertiary alicyclic amines) is 1. The van der Waals surface area contributed by atoms with Crippen LogP contribution in [0.5, 0.6) is 17.2 Å². The Morgan fingerprint density at radius 1 is 1.17 bits per heavy atom. The topological polar surface area (TPSA) is 74.5 Å². The molecule has 6 rings (SSSR count). The van der Waals surface area contributed by atoms with Crippen LogP contribution in [0.15, 0.2) is 47.6 Å². The molecule has 0 radical (unpaired) electrons. The summed E-state index contributed by atoms with van der Waals surface area (Å²) in [7, 11) is 2.09. The van der Waals surface area contributed by atoms with E-state index >= 15 is 0 Å². The van der Waals surface area contributed by atoms with E-state index in [0.717, 1.165) is 36.2 Å². The van der Waals surface area contributed by atoms with Crippen LogP contribution in [0.25, 0.3) is 0 Å². The molecule has 4 aliphatic rings. The zero-order valence-electron chi connectivity index (χ0n) is 16.3. The van der Waals surface area contributed by atoms with E-state index < -0.39 is 17.1 Å². The zero-order valence-corrected chi connectivity index (χ0v) is 16.3. The highest BCUT2D eigenvalue weighted by Crippen LogP contribution is 2.64. The maximum atomic E-state index is 12.1. The van der Waals surface area contributed by atoms with Crippen LogP contribution < -0.4 is 9.57 Å². The van der Waals surface area contributed by atoms with Crippen LogP contribution in [0.1, 0.15) is 30.4 Å². The summed E-state index contributed by atoms with van der Waals surface area (Å²) in [5.41, 5.74) is 1.43. The fourth-order valence-corrected chi connectivity index (χ4v) is 6.24. The van der Waals surface area contributed by atoms with E-state index in [9.17, 15) is 10.2 Å². The van der Waals surface area contributed by atoms with Crippen molar-refractivity contribution in [3.8, 4) is 17.2 Å². The molecule has 6 nitrogen and oxygen atoms in total. The molecule has 2 N–H and O–H groups in total. The first-order valence-corrected chi connectivity index (χ1v) is 10.3. The number of nitrogens with zero attached hydrogens (tertiary/aromatic N) is 2. The second kappa shape index (κ2) is 5.74. The van der Waals surface area contributed by atoms with Gasteiger partial charge >= 0.3 is 0 Å². The fraction of sp³-hybridized carbons (Fsp3) is 0.435. The number of hydrogen-bond donors (Lipinski definition) is 2. The molecule has 1 saturated heterocycles. The summed E-state index contributed by atoms with van der Waals surface area (Å²) in [6.45, 7) is 0.869. The average Bonchev–Trinajstić information content (AvgIpc) is 3.08. The Bertz CT molecular complexity index is 1020. The number of rotatable bonds is 2. The molecule has 6 heteroatoms. The Morgan fingerprint density at radius 3 is 2.83 bits per heavy atom. The van der Waals surface area contributed by atoms with E-state index in [4.69, 9.17) is 9.57 Å². The number of phenolic OH excluding ortho intramolecular Hbond substituents is 1. The number of piperidine rings is 1. The van der Waals surface area contributed by atoms with Crippen LogP contribution in [0, 0.1) is 0 Å². The lowest BCUT2D eigenvalue weighted by atomic mass is 9.49. The van der Waals surface area contributed by atoms with E-state index in [0.29, 0.717) is 24.3 Å². The molecule has 150 valence electrons. The van der Waals surface area contributed by atoms with Gasteiger partial charge in [0.05, 0.1) is 16.7 Å². The summed E-state index contributed by atoms with van der Waals surface area (Å²) in [5.74, 6) is 1.32. The van der Waals surface area contributed by atoms with Crippen molar-refractivity contribution in [2.45, 2.75) is 48.8 Å². The standard InChI is InChI=1S/C23H24N2O4/c1-25-12-11-22-19-14-7-8-17(26)20(19)28-21(22)16(9-10-23(22,27)18(25)13-14)24-29-15-5-3-2-4-6-15/h2-8,18,21,26-27H,9-13H2,1H3/t18-,21?,22+,23?/m1/s1. The minimum atomic E-state index is -0.914. The first-order valence-electron chi connectivity index (χ1n) is 10.3. The van der Waals surface area contributed by atoms with Crippen LogP contribution in [0.4, 0.5) is 0 Å². The molecule has 2 aliphatic heterocycles. The van der Waals surface area contributed by atoms with Gasteiger partial charge in [0.2, 0.25) is 0 Å². The third-order valence-corrected chi connectivity index (χ3v) is 7.56. The number of para-hydroxylation sites is 1. The maximum absolute atomic E-state index is 12.1. The van der Waals surface area contributed by atoms with Crippen molar-refractivity contribution >= 4 is 5.71 Å². The Hall–Kier alpha value is -2.57. The molecule has 2 heterocycles. The highest BCUT2D eigenvalue weighted by atomic mass is 16.6. The number of aliphatic hydroxyl groups is 1. The number of likely N-dealkylation sites (N-methyl/N-ethyl adjacent to an activating group) is 1. The van der Waals surface area contributed by atoms with Gasteiger partial charge < -0.3 is 24.7 Å². The van der Waals surface area contributed by atoms with Crippen molar-refractivity contribution in [2.75, 3.05) is 13.6 Å². The van der Waals surface area contributed by atoms with Crippen LogP contribution in [-0.2, 0) is 11.8 Å². The van der Waals surface area contributed by atoms with Gasteiger partial charge in [-0.25, -0.2) is 0 Å². The lowest BCUT2D eigenvalue weighted by molar-refractivity contribution is -0.161. The highest BCUT2D eigenvalue weighted by Gasteiger charge is 2.72. The summed E-state index contributed by atoms with van der Waals surface area (Å²) < 4.78 is 6.37. The predicted octanol–water partition coefficient (Wildman–Crippen LogP) is 2.61. The number of benzene rings is 2. The zero-order chi connectivity index (χ0) is 19.8. The minimum Gasteiger partial charge on any atom is -0.504 e. The van der Waals surface area contributed by atoms with Gasteiger partial charge in [-0.1, -0.05) is 29.4 Å². The van der Waals surface area contributed by atoms with Crippen LogP contribution in [-0.4, -0.2) is 52.2 Å². The van der Waals surface area contributed by atoms with Gasteiger partial charge in [-0.2, -0.15) is 0 Å². The fourth-order valence-electron chi connectivity index (χ4n) is 6.24. The van der Waals surface area contributed by atoms with E-state index in [1.54, 1.807) is 6.07 Å². The maximum Gasteiger partial charge on any atom is 0.166 e. The van der Waals surface area contributed by atoms with Crippen molar-refractivity contribution in [1.29, 1.82) is 0 Å². The van der Waals surface area contributed by atoms with Crippen LogP contribution in [0.3, 0.4) is 0 Å². The predicted molar refractivity (Wildman–Crippen MR) is 108 cm³/mol. The van der Waals surface area contributed by atoms with Crippen LogP contribution in [0.2, 0.25) is 0 Å². The molecule has 2 aromatic carbocycles. The molecule has 1 spiro atoms. The van der Waals surface area contributed by atoms with Crippen molar-refractivity contribution < 1.29 is 19.8 Å². The molecule has 29 heavy (non-hydrogen) atoms. The second-order valence-corrected chi connectivity index (χ2v) is 8.78. The lowest BCUT2D eigenvalue weighted by Gasteiger charge is -2.62. The van der Waals surface area contributed by atoms with E-state index in [-0.39, 0.29) is 11.8 Å². The quantitative estimate of drug-likeness (QED) is 0.769. The van der Waals surface area contributed by atoms with Gasteiger partial charge in [-0.15, -0.1) is 0 Å². The third-order valence-electron chi connectivity index (χ3n) is 7.56. The summed E-state index contributed by atoms with van der Waals surface area (Å²) in [4.78, 5) is 7.98. The van der Waals surface area contributed by atoms with Crippen LogP contribution >= 0.6 is 0 Å². The molecular formula is C23H24N2O4. The van der Waals surface area contributed by atoms with Gasteiger partial charge in [0.1, 0.15) is 0 Å². The Morgan fingerprint density at radius 2 is 2.00 bits per heavy atom. The molecular weight excluding hydrogens is 368 g/mol. The molecule has 2 aromatic rings. The molecule has 2 fully saturated rings. The Kier molecular flexibility index (Phi) is 3.42. The summed E-state index contributed by atoms with van der Waals surface area (Å²) in [6, 6.07) is 13.2. The molecule has 2 unspecified atom stereocenters. The number of phenols is 1. The summed E-state index contributed by atoms with van der Waals surface area (Å²) in [5, 5.41) is 27.1. The Labute approximate surface area is 169 Å². The number of ether oxygens (including phenoxy) is 1. The monoisotopic (exact) mass is 392 g/mol. The lowest BCUT2D eigenvalue weighted by Crippen LogP contribution is -2.76. The van der Waals surface area contributed by atoms with Gasteiger partial charge in [-0.05, 0) is 63.0 Å². The van der Waals surface area contributed by atoms with Gasteiger partial charge in [-0.3, -0.25) is 0 Å². The SMILES string of the molecule is CN1CC[C@]23c4c5ccc(O)c4OC2C(=NOc2ccccc2)CCC3(O)[C@H]1C5. The second-order valence-electron chi connectivity index (χ2n) is 8.78. The molecule has 0 aromatic heterocycles. The van der Waals surface area contributed by atoms with E-state index in [1.807, 2.05) is 36.4 Å². The smallest absolute Gasteiger partial charge is 0.166 e. The van der Waals surface area contributed by atoms with E-state index in [1.165, 1.54) is 0 Å². The van der Waals surface area contributed by atoms with Crippen molar-refractivity contribution in [2.24, 2.45) is 5.16 Å². The molecule has 0 amide bonds. The number of oxime groups is 1. The van der Waals surface area contributed by atoms with Crippen molar-refractivity contribution in [3.05, 3.63) is 53.6 Å². The Balaban J connectivity index is 1.51. The van der Waals surface area contributed by atoms with Gasteiger partial charge in [0.15, 0.2) is 23.4 Å². The molecule has 2 aliphatic carbocycles. The van der Waals surface area contributed by atoms with E-state index in [2.05, 4.69) is 17.1 Å². The first kappa shape index (κ1) is 17.3. The molecule has 4 atom stereocenters. The summed E-state index contributed by atoms with van der Waals surface area (Å²) >= 11 is 0.